The molecule has 0 unspecified atom stereocenters. The van der Waals surface area contributed by atoms with Crippen LogP contribution in [0, 0.1) is 0 Å². The lowest BCUT2D eigenvalue weighted by Gasteiger charge is -2.10. The molecule has 0 bridgehead atoms. The second-order valence-corrected chi connectivity index (χ2v) is 5.38. The van der Waals surface area contributed by atoms with Crippen LogP contribution < -0.4 is 15.5 Å². The molecular formula is C15H13Cl2N3OS. The molecule has 0 amide bonds. The van der Waals surface area contributed by atoms with Crippen molar-refractivity contribution in [3.8, 4) is 5.75 Å². The Morgan fingerprint density at radius 1 is 1.14 bits per heavy atom. The van der Waals surface area contributed by atoms with Gasteiger partial charge < -0.3 is 10.1 Å². The van der Waals surface area contributed by atoms with Crippen molar-refractivity contribution in [3.63, 3.8) is 0 Å². The molecule has 0 aliphatic heterocycles. The van der Waals surface area contributed by atoms with Gasteiger partial charge >= 0.3 is 0 Å². The minimum atomic E-state index is 0.323. The molecule has 0 aliphatic rings. The van der Waals surface area contributed by atoms with Crippen LogP contribution in [-0.4, -0.2) is 18.4 Å². The second-order valence-electron chi connectivity index (χ2n) is 4.16. The number of anilines is 1. The molecule has 2 rings (SSSR count). The summed E-state index contributed by atoms with van der Waals surface area (Å²) in [5.74, 6) is 0.685. The van der Waals surface area contributed by atoms with Crippen LogP contribution in [0.2, 0.25) is 10.0 Å². The van der Waals surface area contributed by atoms with Crippen LogP contribution in [0.25, 0.3) is 0 Å². The lowest BCUT2D eigenvalue weighted by atomic mass is 10.2. The molecule has 4 nitrogen and oxygen atoms in total. The monoisotopic (exact) mass is 353 g/mol. The summed E-state index contributed by atoms with van der Waals surface area (Å²) in [7, 11) is 1.59. The van der Waals surface area contributed by atoms with Gasteiger partial charge in [-0.2, -0.15) is 5.10 Å². The van der Waals surface area contributed by atoms with Gasteiger partial charge in [0.15, 0.2) is 5.11 Å². The number of nitrogens with zero attached hydrogens (tertiary/aromatic N) is 1. The van der Waals surface area contributed by atoms with Crippen molar-refractivity contribution in [1.29, 1.82) is 0 Å². The summed E-state index contributed by atoms with van der Waals surface area (Å²) in [6.07, 6.45) is 1.51. The van der Waals surface area contributed by atoms with E-state index in [0.29, 0.717) is 26.5 Å². The molecule has 0 aromatic heterocycles. The summed E-state index contributed by atoms with van der Waals surface area (Å²) in [4.78, 5) is 0. The van der Waals surface area contributed by atoms with E-state index in [1.807, 2.05) is 24.3 Å². The van der Waals surface area contributed by atoms with Gasteiger partial charge in [0.1, 0.15) is 5.75 Å². The predicted octanol–water partition coefficient (Wildman–Crippen LogP) is 4.32. The smallest absolute Gasteiger partial charge is 0.191 e. The number of para-hydroxylation sites is 2. The highest BCUT2D eigenvalue weighted by atomic mass is 35.5. The number of benzene rings is 2. The highest BCUT2D eigenvalue weighted by Crippen LogP contribution is 2.23. The molecule has 2 aromatic rings. The third kappa shape index (κ3) is 4.34. The first-order valence-electron chi connectivity index (χ1n) is 6.29. The zero-order valence-electron chi connectivity index (χ0n) is 11.6. The van der Waals surface area contributed by atoms with Crippen LogP contribution in [0.5, 0.6) is 5.75 Å². The maximum Gasteiger partial charge on any atom is 0.191 e. The Labute approximate surface area is 144 Å². The Bertz CT molecular complexity index is 687. The van der Waals surface area contributed by atoms with Crippen molar-refractivity contribution < 1.29 is 4.74 Å². The van der Waals surface area contributed by atoms with E-state index < -0.39 is 0 Å². The van der Waals surface area contributed by atoms with Crippen molar-refractivity contribution in [1.82, 2.24) is 5.43 Å². The first kappa shape index (κ1) is 16.5. The number of thiocarbonyl (C=S) groups is 1. The van der Waals surface area contributed by atoms with Gasteiger partial charge in [-0.1, -0.05) is 41.4 Å². The van der Waals surface area contributed by atoms with Crippen LogP contribution >= 0.6 is 35.4 Å². The van der Waals surface area contributed by atoms with E-state index >= 15 is 0 Å². The summed E-state index contributed by atoms with van der Waals surface area (Å²) in [5.41, 5.74) is 4.07. The maximum absolute atomic E-state index is 6.05. The average Bonchev–Trinajstić information content (AvgIpc) is 2.51. The van der Waals surface area contributed by atoms with E-state index in [9.17, 15) is 0 Å². The summed E-state index contributed by atoms with van der Waals surface area (Å²) < 4.78 is 5.23. The summed E-state index contributed by atoms with van der Waals surface area (Å²) in [6, 6.07) is 12.7. The number of nitrogens with one attached hydrogen (secondary N) is 2. The lowest BCUT2D eigenvalue weighted by molar-refractivity contribution is 0.417. The Hall–Kier alpha value is -1.82. The normalized spacial score (nSPS) is 10.5. The molecule has 2 aromatic carbocycles. The highest BCUT2D eigenvalue weighted by molar-refractivity contribution is 7.80. The number of hydrazone groups is 1. The van der Waals surface area contributed by atoms with E-state index in [4.69, 9.17) is 40.2 Å². The fourth-order valence-corrected chi connectivity index (χ4v) is 2.35. The molecule has 0 fully saturated rings. The van der Waals surface area contributed by atoms with E-state index in [2.05, 4.69) is 15.8 Å². The molecular weight excluding hydrogens is 341 g/mol. The van der Waals surface area contributed by atoms with Crippen molar-refractivity contribution >= 4 is 52.4 Å². The number of methoxy groups -OCH3 is 1. The first-order valence-corrected chi connectivity index (χ1v) is 7.45. The zero-order chi connectivity index (χ0) is 15.9. The maximum atomic E-state index is 6.05. The van der Waals surface area contributed by atoms with Crippen molar-refractivity contribution in [3.05, 3.63) is 58.1 Å². The fourth-order valence-electron chi connectivity index (χ4n) is 1.69. The molecule has 7 heteroatoms. The Balaban J connectivity index is 2.00. The Morgan fingerprint density at radius 2 is 1.82 bits per heavy atom. The van der Waals surface area contributed by atoms with Crippen LogP contribution in [0.4, 0.5) is 5.69 Å². The van der Waals surface area contributed by atoms with Gasteiger partial charge in [0.25, 0.3) is 0 Å². The minimum absolute atomic E-state index is 0.323. The Morgan fingerprint density at radius 3 is 2.50 bits per heavy atom. The predicted molar refractivity (Wildman–Crippen MR) is 96.4 cm³/mol. The molecule has 0 saturated carbocycles. The molecule has 0 aliphatic carbocycles. The van der Waals surface area contributed by atoms with Gasteiger partial charge in [-0.25, -0.2) is 0 Å². The topological polar surface area (TPSA) is 45.6 Å². The van der Waals surface area contributed by atoms with Gasteiger partial charge in [-0.15, -0.1) is 0 Å². The fraction of sp³-hybridized carbons (Fsp3) is 0.0667. The highest BCUT2D eigenvalue weighted by Gasteiger charge is 2.04. The molecule has 22 heavy (non-hydrogen) atoms. The third-order valence-electron chi connectivity index (χ3n) is 2.71. The Kier molecular flexibility index (Phi) is 6.00. The van der Waals surface area contributed by atoms with Gasteiger partial charge in [-0.05, 0) is 36.5 Å². The quantitative estimate of drug-likeness (QED) is 0.488. The van der Waals surface area contributed by atoms with Crippen LogP contribution in [0.15, 0.2) is 47.6 Å². The van der Waals surface area contributed by atoms with E-state index in [-0.39, 0.29) is 0 Å². The largest absolute Gasteiger partial charge is 0.495 e. The van der Waals surface area contributed by atoms with Crippen molar-refractivity contribution in [2.45, 2.75) is 0 Å². The standard InChI is InChI=1S/C15H13Cl2N3OS/c1-21-14-8-3-2-7-13(14)19-15(22)20-18-9-10-11(16)5-4-6-12(10)17/h2-9H,1H3,(H2,19,20,22)/b18-9+. The number of ether oxygens (including phenoxy) is 1. The number of hydrogen-bond acceptors (Lipinski definition) is 3. The molecule has 0 atom stereocenters. The van der Waals surface area contributed by atoms with Crippen molar-refractivity contribution in [2.24, 2.45) is 5.10 Å². The molecule has 2 N–H and O–H groups in total. The molecule has 0 radical (unpaired) electrons. The minimum Gasteiger partial charge on any atom is -0.495 e. The van der Waals surface area contributed by atoms with Crippen LogP contribution in [-0.2, 0) is 0 Å². The molecule has 114 valence electrons. The zero-order valence-corrected chi connectivity index (χ0v) is 14.0. The summed E-state index contributed by atoms with van der Waals surface area (Å²) in [6.45, 7) is 0. The number of rotatable bonds is 4. The van der Waals surface area contributed by atoms with E-state index in [1.54, 1.807) is 25.3 Å². The number of halogens is 2. The van der Waals surface area contributed by atoms with Crippen LogP contribution in [0.1, 0.15) is 5.56 Å². The SMILES string of the molecule is COc1ccccc1NC(=S)N/N=C/c1c(Cl)cccc1Cl. The average molecular weight is 354 g/mol. The van der Waals surface area contributed by atoms with Gasteiger partial charge in [0.05, 0.1) is 29.1 Å². The second kappa shape index (κ2) is 7.98. The van der Waals surface area contributed by atoms with E-state index in [0.717, 1.165) is 5.69 Å². The van der Waals surface area contributed by atoms with Gasteiger partial charge in [-0.3, -0.25) is 5.43 Å². The third-order valence-corrected chi connectivity index (χ3v) is 3.57. The molecule has 0 heterocycles. The molecule has 0 spiro atoms. The lowest BCUT2D eigenvalue weighted by Crippen LogP contribution is -2.24. The summed E-state index contributed by atoms with van der Waals surface area (Å²) in [5, 5.41) is 8.37. The van der Waals surface area contributed by atoms with Gasteiger partial charge in [0.2, 0.25) is 0 Å². The van der Waals surface area contributed by atoms with Crippen LogP contribution in [0.3, 0.4) is 0 Å². The van der Waals surface area contributed by atoms with Crippen molar-refractivity contribution in [2.75, 3.05) is 12.4 Å². The van der Waals surface area contributed by atoms with E-state index in [1.165, 1.54) is 6.21 Å². The molecule has 0 saturated heterocycles. The summed E-state index contributed by atoms with van der Waals surface area (Å²) >= 11 is 17.3. The first-order chi connectivity index (χ1) is 10.6. The van der Waals surface area contributed by atoms with Gasteiger partial charge in [0, 0.05) is 5.56 Å². The number of hydrogen-bond donors (Lipinski definition) is 2.